The van der Waals surface area contributed by atoms with Gasteiger partial charge in [0.2, 0.25) is 5.13 Å². The van der Waals surface area contributed by atoms with Crippen LogP contribution in [0.1, 0.15) is 37.1 Å². The summed E-state index contributed by atoms with van der Waals surface area (Å²) in [6.45, 7) is 0. The Hall–Kier alpha value is -1.18. The van der Waals surface area contributed by atoms with Crippen molar-refractivity contribution in [3.05, 3.63) is 29.3 Å². The van der Waals surface area contributed by atoms with Crippen molar-refractivity contribution in [1.82, 2.24) is 15.2 Å². The third-order valence-electron chi connectivity index (χ3n) is 3.99. The summed E-state index contributed by atoms with van der Waals surface area (Å²) in [6, 6.07) is 8.86. The van der Waals surface area contributed by atoms with Crippen molar-refractivity contribution >= 4 is 49.8 Å². The molecule has 2 aromatic heterocycles. The van der Waals surface area contributed by atoms with Gasteiger partial charge in [0, 0.05) is 6.04 Å². The molecule has 1 aliphatic carbocycles. The third-order valence-corrected chi connectivity index (χ3v) is 7.22. The van der Waals surface area contributed by atoms with Crippen molar-refractivity contribution in [2.75, 3.05) is 5.32 Å². The second-order valence-corrected chi connectivity index (χ2v) is 9.03. The monoisotopic (exact) mass is 362 g/mol. The second-order valence-electron chi connectivity index (χ2n) is 5.72. The number of rotatable bonds is 5. The zero-order valence-corrected chi connectivity index (χ0v) is 15.1. The van der Waals surface area contributed by atoms with Crippen LogP contribution < -0.4 is 5.32 Å². The number of nitrogens with one attached hydrogen (secondary N) is 1. The number of hydrogen-bond acceptors (Lipinski definition) is 7. The molecule has 1 fully saturated rings. The van der Waals surface area contributed by atoms with E-state index >= 15 is 0 Å². The number of anilines is 1. The Morgan fingerprint density at radius 2 is 1.96 bits per heavy atom. The Kier molecular flexibility index (Phi) is 4.77. The van der Waals surface area contributed by atoms with Crippen molar-refractivity contribution < 1.29 is 0 Å². The van der Waals surface area contributed by atoms with Crippen molar-refractivity contribution in [3.8, 4) is 0 Å². The molecule has 23 heavy (non-hydrogen) atoms. The van der Waals surface area contributed by atoms with E-state index in [-0.39, 0.29) is 0 Å². The number of hydrogen-bond donors (Lipinski definition) is 1. The number of thioether (sulfide) groups is 1. The van der Waals surface area contributed by atoms with E-state index in [0.717, 1.165) is 25.7 Å². The van der Waals surface area contributed by atoms with Crippen molar-refractivity contribution in [2.45, 2.75) is 48.2 Å². The second kappa shape index (κ2) is 7.15. The summed E-state index contributed by atoms with van der Waals surface area (Å²) in [5.41, 5.74) is 1.08. The Morgan fingerprint density at radius 3 is 2.83 bits per heavy atom. The fourth-order valence-corrected chi connectivity index (χ4v) is 5.70. The van der Waals surface area contributed by atoms with Gasteiger partial charge in [-0.3, -0.25) is 0 Å². The van der Waals surface area contributed by atoms with E-state index in [1.54, 1.807) is 34.4 Å². The molecular formula is C16H18N4S3. The van der Waals surface area contributed by atoms with Gasteiger partial charge in [0.25, 0.3) is 0 Å². The largest absolute Gasteiger partial charge is 0.357 e. The minimum Gasteiger partial charge on any atom is -0.357 e. The number of benzene rings is 1. The molecule has 0 atom stereocenters. The maximum atomic E-state index is 4.65. The standard InChI is InChI=1S/C16H18N4S3/c1-2-6-11(7-3-1)17-15-20-19-14(23-15)10-21-16-18-12-8-4-5-9-13(12)22-16/h4-5,8-9,11H,1-3,6-7,10H2,(H,17,20). The van der Waals surface area contributed by atoms with Gasteiger partial charge in [0.05, 0.1) is 16.0 Å². The van der Waals surface area contributed by atoms with Gasteiger partial charge in [-0.2, -0.15) is 0 Å². The highest BCUT2D eigenvalue weighted by Crippen LogP contribution is 2.32. The minimum atomic E-state index is 0.585. The van der Waals surface area contributed by atoms with E-state index in [1.165, 1.54) is 36.8 Å². The van der Waals surface area contributed by atoms with Crippen molar-refractivity contribution in [3.63, 3.8) is 0 Å². The highest BCUT2D eigenvalue weighted by Gasteiger charge is 2.15. The van der Waals surface area contributed by atoms with E-state index in [0.29, 0.717) is 6.04 Å². The van der Waals surface area contributed by atoms with Gasteiger partial charge < -0.3 is 5.32 Å². The predicted molar refractivity (Wildman–Crippen MR) is 99.6 cm³/mol. The molecule has 1 N–H and O–H groups in total. The lowest BCUT2D eigenvalue weighted by atomic mass is 9.96. The van der Waals surface area contributed by atoms with Gasteiger partial charge in [-0.15, -0.1) is 21.5 Å². The number of thiazole rings is 1. The normalized spacial score (nSPS) is 16.0. The van der Waals surface area contributed by atoms with E-state index < -0.39 is 0 Å². The molecule has 1 aliphatic rings. The number of para-hydroxylation sites is 1. The molecule has 0 amide bonds. The molecular weight excluding hydrogens is 344 g/mol. The Labute approximate surface area is 147 Å². The van der Waals surface area contributed by atoms with Gasteiger partial charge in [-0.05, 0) is 25.0 Å². The first-order valence-electron chi connectivity index (χ1n) is 7.94. The van der Waals surface area contributed by atoms with Crippen molar-refractivity contribution in [2.24, 2.45) is 0 Å². The summed E-state index contributed by atoms with van der Waals surface area (Å²) >= 11 is 5.17. The number of aromatic nitrogens is 3. The van der Waals surface area contributed by atoms with Gasteiger partial charge >= 0.3 is 0 Å². The molecule has 7 heteroatoms. The fraction of sp³-hybridized carbons (Fsp3) is 0.438. The molecule has 1 saturated carbocycles. The highest BCUT2D eigenvalue weighted by atomic mass is 32.2. The van der Waals surface area contributed by atoms with Crippen LogP contribution >= 0.6 is 34.4 Å². The quantitative estimate of drug-likeness (QED) is 0.633. The van der Waals surface area contributed by atoms with Crippen LogP contribution in [-0.4, -0.2) is 21.2 Å². The maximum absolute atomic E-state index is 4.65. The smallest absolute Gasteiger partial charge is 0.205 e. The summed E-state index contributed by atoms with van der Waals surface area (Å²) in [5.74, 6) is 0.837. The van der Waals surface area contributed by atoms with Gasteiger partial charge in [0.1, 0.15) is 5.01 Å². The molecule has 4 rings (SSSR count). The zero-order valence-electron chi connectivity index (χ0n) is 12.7. The Balaban J connectivity index is 1.35. The Bertz CT molecular complexity index is 743. The molecule has 0 spiro atoms. The van der Waals surface area contributed by atoms with Gasteiger partial charge in [0.15, 0.2) is 4.34 Å². The summed E-state index contributed by atoms with van der Waals surface area (Å²) in [5, 5.41) is 14.2. The van der Waals surface area contributed by atoms with E-state index in [2.05, 4.69) is 38.7 Å². The van der Waals surface area contributed by atoms with Crippen LogP contribution in [0.5, 0.6) is 0 Å². The molecule has 0 radical (unpaired) electrons. The van der Waals surface area contributed by atoms with E-state index in [1.807, 2.05) is 6.07 Å². The maximum Gasteiger partial charge on any atom is 0.205 e. The molecule has 0 unspecified atom stereocenters. The molecule has 0 aliphatic heterocycles. The SMILES string of the molecule is c1ccc2sc(SCc3nnc(NC4CCCCC4)s3)nc2c1. The van der Waals surface area contributed by atoms with Crippen LogP contribution in [0.2, 0.25) is 0 Å². The topological polar surface area (TPSA) is 50.7 Å². The number of nitrogens with zero attached hydrogens (tertiary/aromatic N) is 3. The molecule has 120 valence electrons. The highest BCUT2D eigenvalue weighted by molar-refractivity contribution is 8.00. The van der Waals surface area contributed by atoms with Crippen LogP contribution in [-0.2, 0) is 5.75 Å². The number of fused-ring (bicyclic) bond motifs is 1. The average Bonchev–Trinajstić information content (AvgIpc) is 3.20. The molecule has 0 saturated heterocycles. The van der Waals surface area contributed by atoms with Gasteiger partial charge in [-0.1, -0.05) is 54.5 Å². The predicted octanol–water partition coefficient (Wildman–Crippen LogP) is 5.18. The van der Waals surface area contributed by atoms with Crippen molar-refractivity contribution in [1.29, 1.82) is 0 Å². The lowest BCUT2D eigenvalue weighted by Gasteiger charge is -2.21. The summed E-state index contributed by atoms with van der Waals surface area (Å²) in [4.78, 5) is 4.65. The van der Waals surface area contributed by atoms with Crippen LogP contribution in [0.3, 0.4) is 0 Å². The van der Waals surface area contributed by atoms with Crippen LogP contribution in [0.25, 0.3) is 10.2 Å². The molecule has 0 bridgehead atoms. The molecule has 1 aromatic carbocycles. The average molecular weight is 363 g/mol. The summed E-state index contributed by atoms with van der Waals surface area (Å²) < 4.78 is 2.34. The summed E-state index contributed by atoms with van der Waals surface area (Å²) in [6.07, 6.45) is 6.55. The first-order chi connectivity index (χ1) is 11.4. The molecule has 4 nitrogen and oxygen atoms in total. The first kappa shape index (κ1) is 15.4. The van der Waals surface area contributed by atoms with Crippen LogP contribution in [0.15, 0.2) is 28.6 Å². The van der Waals surface area contributed by atoms with Crippen LogP contribution in [0, 0.1) is 0 Å². The molecule has 2 heterocycles. The Morgan fingerprint density at radius 1 is 1.09 bits per heavy atom. The van der Waals surface area contributed by atoms with Gasteiger partial charge in [-0.25, -0.2) is 4.98 Å². The van der Waals surface area contributed by atoms with E-state index in [9.17, 15) is 0 Å². The lowest BCUT2D eigenvalue weighted by molar-refractivity contribution is 0.462. The zero-order chi connectivity index (χ0) is 15.5. The first-order valence-corrected chi connectivity index (χ1v) is 10.6. The lowest BCUT2D eigenvalue weighted by Crippen LogP contribution is -2.21. The van der Waals surface area contributed by atoms with E-state index in [4.69, 9.17) is 0 Å². The fourth-order valence-electron chi connectivity index (χ4n) is 2.83. The minimum absolute atomic E-state index is 0.585. The summed E-state index contributed by atoms with van der Waals surface area (Å²) in [7, 11) is 0. The molecule has 3 aromatic rings. The van der Waals surface area contributed by atoms with Crippen LogP contribution in [0.4, 0.5) is 5.13 Å². The third kappa shape index (κ3) is 3.84.